The van der Waals surface area contributed by atoms with Crippen LogP contribution in [-0.4, -0.2) is 30.6 Å². The molecule has 1 aliphatic rings. The first kappa shape index (κ1) is 24.5. The van der Waals surface area contributed by atoms with Crippen LogP contribution in [0, 0.1) is 5.41 Å². The van der Waals surface area contributed by atoms with Crippen LogP contribution in [0.3, 0.4) is 0 Å². The van der Waals surface area contributed by atoms with Crippen LogP contribution < -0.4 is 15.8 Å². The number of nitrogens with two attached hydrogens (primary N) is 1. The average Bonchev–Trinajstić information content (AvgIpc) is 2.68. The van der Waals surface area contributed by atoms with Gasteiger partial charge in [0.05, 0.1) is 6.61 Å². The van der Waals surface area contributed by atoms with E-state index >= 15 is 0 Å². The van der Waals surface area contributed by atoms with E-state index in [4.69, 9.17) is 10.5 Å². The Kier molecular flexibility index (Phi) is 10.6. The second-order valence-electron chi connectivity index (χ2n) is 7.32. The molecule has 1 heterocycles. The summed E-state index contributed by atoms with van der Waals surface area (Å²) in [7, 11) is 0. The van der Waals surface area contributed by atoms with Gasteiger partial charge in [0.1, 0.15) is 11.3 Å². The molecule has 3 N–H and O–H groups in total. The summed E-state index contributed by atoms with van der Waals surface area (Å²) in [6, 6.07) is 9.86. The Morgan fingerprint density at radius 2 is 1.89 bits per heavy atom. The average molecular weight is 428 g/mol. The van der Waals surface area contributed by atoms with Crippen molar-refractivity contribution < 1.29 is 9.53 Å². The highest BCUT2D eigenvalue weighted by atomic mass is 35.5. The quantitative estimate of drug-likeness (QED) is 0.616. The van der Waals surface area contributed by atoms with Crippen molar-refractivity contribution in [3.05, 3.63) is 36.5 Å². The van der Waals surface area contributed by atoms with Gasteiger partial charge in [-0.3, -0.25) is 9.78 Å². The van der Waals surface area contributed by atoms with Gasteiger partial charge in [-0.2, -0.15) is 0 Å². The predicted molar refractivity (Wildman–Crippen MR) is 119 cm³/mol. The Morgan fingerprint density at radius 1 is 1.14 bits per heavy atom. The summed E-state index contributed by atoms with van der Waals surface area (Å²) in [6.45, 7) is 1.79. The predicted octanol–water partition coefficient (Wildman–Crippen LogP) is 4.26. The standard InChI is InChI=1S/C21H29N3O2.2ClH/c22-16-21(10-2-1-3-11-21)15-19(25)23-13-6-14-26-18-9-4-7-17-8-5-12-24-20(17)18;;/h4-5,7-9,12H,1-3,6,10-11,13-16,22H2,(H,23,25);2*1H. The molecule has 2 aromatic rings. The second-order valence-corrected chi connectivity index (χ2v) is 7.32. The summed E-state index contributed by atoms with van der Waals surface area (Å²) in [4.78, 5) is 16.6. The Hall–Kier alpha value is -1.56. The molecule has 1 aromatic heterocycles. The van der Waals surface area contributed by atoms with Gasteiger partial charge in [-0.1, -0.05) is 37.5 Å². The van der Waals surface area contributed by atoms with Crippen LogP contribution >= 0.6 is 24.8 Å². The van der Waals surface area contributed by atoms with Gasteiger partial charge >= 0.3 is 0 Å². The molecule has 3 rings (SSSR count). The molecule has 1 amide bonds. The molecule has 0 saturated heterocycles. The first-order valence-electron chi connectivity index (χ1n) is 9.66. The maximum Gasteiger partial charge on any atom is 0.220 e. The number of hydrogen-bond acceptors (Lipinski definition) is 4. The number of benzene rings is 1. The fraction of sp³-hybridized carbons (Fsp3) is 0.524. The van der Waals surface area contributed by atoms with Gasteiger partial charge in [-0.15, -0.1) is 24.8 Å². The van der Waals surface area contributed by atoms with Crippen LogP contribution in [0.15, 0.2) is 36.5 Å². The van der Waals surface area contributed by atoms with Crippen molar-refractivity contribution in [1.29, 1.82) is 0 Å². The first-order chi connectivity index (χ1) is 12.7. The number of para-hydroxylation sites is 1. The third-order valence-electron chi connectivity index (χ3n) is 5.38. The zero-order chi connectivity index (χ0) is 18.2. The summed E-state index contributed by atoms with van der Waals surface area (Å²) in [5, 5.41) is 4.09. The third kappa shape index (κ3) is 6.50. The highest BCUT2D eigenvalue weighted by Crippen LogP contribution is 2.38. The maximum absolute atomic E-state index is 12.3. The number of carbonyl (C=O) groups excluding carboxylic acids is 1. The van der Waals surface area contributed by atoms with E-state index in [1.807, 2.05) is 30.3 Å². The second kappa shape index (κ2) is 12.1. The normalized spacial score (nSPS) is 15.2. The number of rotatable bonds is 8. The van der Waals surface area contributed by atoms with Crippen molar-refractivity contribution >= 4 is 41.6 Å². The molecule has 0 unspecified atom stereocenters. The Bertz CT molecular complexity index is 731. The van der Waals surface area contributed by atoms with Gasteiger partial charge in [-0.25, -0.2) is 0 Å². The number of halogens is 2. The minimum absolute atomic E-state index is 0. The van der Waals surface area contributed by atoms with E-state index in [2.05, 4.69) is 10.3 Å². The molecular weight excluding hydrogens is 397 g/mol. The van der Waals surface area contributed by atoms with Crippen molar-refractivity contribution in [2.45, 2.75) is 44.9 Å². The molecule has 1 saturated carbocycles. The lowest BCUT2D eigenvalue weighted by Crippen LogP contribution is -2.39. The highest BCUT2D eigenvalue weighted by molar-refractivity contribution is 5.86. The monoisotopic (exact) mass is 427 g/mol. The van der Waals surface area contributed by atoms with Crippen LogP contribution in [-0.2, 0) is 4.79 Å². The van der Waals surface area contributed by atoms with E-state index in [-0.39, 0.29) is 36.1 Å². The van der Waals surface area contributed by atoms with E-state index in [0.717, 1.165) is 35.9 Å². The fourth-order valence-electron chi connectivity index (χ4n) is 3.83. The lowest BCUT2D eigenvalue weighted by Gasteiger charge is -2.35. The number of aromatic nitrogens is 1. The summed E-state index contributed by atoms with van der Waals surface area (Å²) >= 11 is 0. The molecule has 0 bridgehead atoms. The number of nitrogens with zero attached hydrogens (tertiary/aromatic N) is 1. The molecule has 156 valence electrons. The Balaban J connectivity index is 0.00000196. The topological polar surface area (TPSA) is 77.2 Å². The van der Waals surface area contributed by atoms with E-state index in [1.165, 1.54) is 19.3 Å². The van der Waals surface area contributed by atoms with Crippen molar-refractivity contribution in [3.63, 3.8) is 0 Å². The highest BCUT2D eigenvalue weighted by Gasteiger charge is 2.32. The molecule has 28 heavy (non-hydrogen) atoms. The van der Waals surface area contributed by atoms with E-state index in [0.29, 0.717) is 26.1 Å². The van der Waals surface area contributed by atoms with E-state index < -0.39 is 0 Å². The van der Waals surface area contributed by atoms with Gasteiger partial charge in [0.2, 0.25) is 5.91 Å². The van der Waals surface area contributed by atoms with Gasteiger partial charge < -0.3 is 15.8 Å². The zero-order valence-corrected chi connectivity index (χ0v) is 17.8. The smallest absolute Gasteiger partial charge is 0.220 e. The lowest BCUT2D eigenvalue weighted by molar-refractivity contribution is -0.123. The van der Waals surface area contributed by atoms with Gasteiger partial charge in [-0.05, 0) is 43.4 Å². The minimum atomic E-state index is 0. The molecule has 0 aliphatic heterocycles. The fourth-order valence-corrected chi connectivity index (χ4v) is 3.83. The molecular formula is C21H31Cl2N3O2. The number of amides is 1. The largest absolute Gasteiger partial charge is 0.491 e. The molecule has 0 radical (unpaired) electrons. The molecule has 5 nitrogen and oxygen atoms in total. The van der Waals surface area contributed by atoms with Crippen LogP contribution in [0.25, 0.3) is 10.9 Å². The van der Waals surface area contributed by atoms with Crippen molar-refractivity contribution in [1.82, 2.24) is 10.3 Å². The number of pyridine rings is 1. The summed E-state index contributed by atoms with van der Waals surface area (Å²) < 4.78 is 5.86. The molecule has 1 aromatic carbocycles. The van der Waals surface area contributed by atoms with Crippen LogP contribution in [0.2, 0.25) is 0 Å². The third-order valence-corrected chi connectivity index (χ3v) is 5.38. The number of carbonyl (C=O) groups is 1. The van der Waals surface area contributed by atoms with Crippen LogP contribution in [0.5, 0.6) is 5.75 Å². The molecule has 1 fully saturated rings. The number of nitrogens with one attached hydrogen (secondary N) is 1. The SMILES string of the molecule is Cl.Cl.NCC1(CC(=O)NCCCOc2cccc3cccnc23)CCCCC1. The summed E-state index contributed by atoms with van der Waals surface area (Å²) in [5.41, 5.74) is 6.86. The molecule has 7 heteroatoms. The number of fused-ring (bicyclic) bond motifs is 1. The molecule has 0 spiro atoms. The van der Waals surface area contributed by atoms with Crippen molar-refractivity contribution in [2.75, 3.05) is 19.7 Å². The van der Waals surface area contributed by atoms with E-state index in [9.17, 15) is 4.79 Å². The van der Waals surface area contributed by atoms with Gasteiger partial charge in [0, 0.05) is 24.5 Å². The van der Waals surface area contributed by atoms with Crippen LogP contribution in [0.4, 0.5) is 0 Å². The first-order valence-corrected chi connectivity index (χ1v) is 9.66. The Labute approximate surface area is 179 Å². The van der Waals surface area contributed by atoms with Gasteiger partial charge in [0.15, 0.2) is 0 Å². The summed E-state index contributed by atoms with van der Waals surface area (Å²) in [5.74, 6) is 0.905. The molecule has 0 atom stereocenters. The van der Waals surface area contributed by atoms with Crippen molar-refractivity contribution in [2.24, 2.45) is 11.1 Å². The van der Waals surface area contributed by atoms with E-state index in [1.54, 1.807) is 6.20 Å². The molecule has 1 aliphatic carbocycles. The lowest BCUT2D eigenvalue weighted by atomic mass is 9.71. The van der Waals surface area contributed by atoms with Crippen LogP contribution in [0.1, 0.15) is 44.9 Å². The summed E-state index contributed by atoms with van der Waals surface area (Å²) in [6.07, 6.45) is 8.90. The van der Waals surface area contributed by atoms with Gasteiger partial charge in [0.25, 0.3) is 0 Å². The number of hydrogen-bond donors (Lipinski definition) is 2. The minimum Gasteiger partial charge on any atom is -0.491 e. The zero-order valence-electron chi connectivity index (χ0n) is 16.2. The number of ether oxygens (including phenoxy) is 1. The van der Waals surface area contributed by atoms with Crippen molar-refractivity contribution in [3.8, 4) is 5.75 Å². The Morgan fingerprint density at radius 3 is 2.64 bits per heavy atom. The maximum atomic E-state index is 12.3.